The number of carbonyl (C=O) groups is 3. The molecular weight excluding hydrogens is 442 g/mol. The molecule has 2 aliphatic heterocycles. The first-order chi connectivity index (χ1) is 15.3. The molecule has 0 radical (unpaired) electrons. The van der Waals surface area contributed by atoms with Crippen molar-refractivity contribution >= 4 is 33.8 Å². The van der Waals surface area contributed by atoms with Gasteiger partial charge in [-0.05, 0) is 24.3 Å². The molecule has 3 rings (SSSR count). The van der Waals surface area contributed by atoms with Gasteiger partial charge in [0.05, 0.1) is 20.3 Å². The average molecular weight is 470 g/mol. The van der Waals surface area contributed by atoms with Gasteiger partial charge < -0.3 is 25.0 Å². The monoisotopic (exact) mass is 469 g/mol. The molecule has 13 heteroatoms. The number of hydrogen-bond donors (Lipinski definition) is 2. The van der Waals surface area contributed by atoms with Crippen molar-refractivity contribution in [2.24, 2.45) is 0 Å². The number of piperazine rings is 1. The topological polar surface area (TPSA) is 138 Å². The first kappa shape index (κ1) is 23.9. The first-order valence-corrected chi connectivity index (χ1v) is 11.5. The third kappa shape index (κ3) is 5.94. The van der Waals surface area contributed by atoms with E-state index in [-0.39, 0.29) is 38.8 Å². The lowest BCUT2D eigenvalue weighted by atomic mass is 10.2. The molecule has 0 saturated carbocycles. The zero-order valence-corrected chi connectivity index (χ0v) is 18.6. The van der Waals surface area contributed by atoms with Crippen molar-refractivity contribution in [2.75, 3.05) is 71.5 Å². The maximum Gasteiger partial charge on any atom is 0.325 e. The van der Waals surface area contributed by atoms with Crippen molar-refractivity contribution in [3.63, 3.8) is 0 Å². The smallest absolute Gasteiger partial charge is 0.325 e. The summed E-state index contributed by atoms with van der Waals surface area (Å²) in [6.45, 7) is 2.16. The van der Waals surface area contributed by atoms with Crippen LogP contribution >= 0.6 is 0 Å². The van der Waals surface area contributed by atoms with E-state index in [9.17, 15) is 22.8 Å². The van der Waals surface area contributed by atoms with Crippen molar-refractivity contribution in [1.29, 1.82) is 0 Å². The second-order valence-electron chi connectivity index (χ2n) is 7.17. The number of hydrogen-bond acceptors (Lipinski definition) is 7. The van der Waals surface area contributed by atoms with Crippen LogP contribution in [0.5, 0.6) is 0 Å². The van der Waals surface area contributed by atoms with Crippen LogP contribution in [0.15, 0.2) is 24.3 Å². The third-order valence-electron chi connectivity index (χ3n) is 5.17. The summed E-state index contributed by atoms with van der Waals surface area (Å²) in [5.74, 6) is -0.994. The molecule has 1 aromatic carbocycles. The number of esters is 1. The van der Waals surface area contributed by atoms with E-state index in [4.69, 9.17) is 4.74 Å². The van der Waals surface area contributed by atoms with Crippen LogP contribution < -0.4 is 10.6 Å². The van der Waals surface area contributed by atoms with E-state index in [2.05, 4.69) is 15.4 Å². The minimum Gasteiger partial charge on any atom is -0.468 e. The largest absolute Gasteiger partial charge is 0.468 e. The molecule has 0 unspecified atom stereocenters. The summed E-state index contributed by atoms with van der Waals surface area (Å²) in [4.78, 5) is 37.2. The number of nitrogens with one attached hydrogen (secondary N) is 2. The zero-order valence-electron chi connectivity index (χ0n) is 17.8. The Balaban J connectivity index is 1.48. The predicted octanol–water partition coefficient (Wildman–Crippen LogP) is -0.684. The Kier molecular flexibility index (Phi) is 8.01. The Bertz CT molecular complexity index is 924. The maximum absolute atomic E-state index is 12.7. The summed E-state index contributed by atoms with van der Waals surface area (Å²) in [6, 6.07) is 5.84. The van der Waals surface area contributed by atoms with Crippen LogP contribution in [0.1, 0.15) is 10.4 Å². The van der Waals surface area contributed by atoms with Crippen molar-refractivity contribution in [3.8, 4) is 0 Å². The average Bonchev–Trinajstić information content (AvgIpc) is 2.83. The van der Waals surface area contributed by atoms with Gasteiger partial charge in [0, 0.05) is 50.5 Å². The van der Waals surface area contributed by atoms with Gasteiger partial charge in [-0.2, -0.15) is 17.0 Å². The van der Waals surface area contributed by atoms with Gasteiger partial charge in [-0.1, -0.05) is 0 Å². The molecule has 1 aromatic rings. The van der Waals surface area contributed by atoms with E-state index in [0.29, 0.717) is 37.6 Å². The zero-order chi connectivity index (χ0) is 23.1. The van der Waals surface area contributed by atoms with Crippen LogP contribution in [-0.2, 0) is 24.5 Å². The van der Waals surface area contributed by atoms with E-state index >= 15 is 0 Å². The Labute approximate surface area is 186 Å². The fraction of sp³-hybridized carbons (Fsp3) is 0.526. The highest BCUT2D eigenvalue weighted by Crippen LogP contribution is 2.16. The molecule has 0 bridgehead atoms. The molecule has 0 aromatic heterocycles. The second kappa shape index (κ2) is 10.7. The molecule has 3 amide bonds. The summed E-state index contributed by atoms with van der Waals surface area (Å²) in [5, 5.41) is 5.17. The number of benzene rings is 1. The van der Waals surface area contributed by atoms with E-state index in [0.717, 1.165) is 0 Å². The van der Waals surface area contributed by atoms with Crippen LogP contribution in [-0.4, -0.2) is 106 Å². The lowest BCUT2D eigenvalue weighted by molar-refractivity contribution is -0.139. The number of carbonyl (C=O) groups excluding carboxylic acids is 3. The molecule has 12 nitrogen and oxygen atoms in total. The number of morpholine rings is 1. The summed E-state index contributed by atoms with van der Waals surface area (Å²) in [7, 11) is -2.33. The SMILES string of the molecule is COC(=O)CNC(=O)c1ccc(NC(=O)N2CCN(S(=O)(=O)N3CCOCC3)CC2)cc1. The number of methoxy groups -OCH3 is 1. The highest BCUT2D eigenvalue weighted by Gasteiger charge is 2.34. The quantitative estimate of drug-likeness (QED) is 0.527. The Morgan fingerprint density at radius 3 is 2.16 bits per heavy atom. The van der Waals surface area contributed by atoms with Gasteiger partial charge in [-0.25, -0.2) is 4.79 Å². The van der Waals surface area contributed by atoms with E-state index in [1.165, 1.54) is 27.9 Å². The summed E-state index contributed by atoms with van der Waals surface area (Å²) >= 11 is 0. The molecule has 2 heterocycles. The summed E-state index contributed by atoms with van der Waals surface area (Å²) < 4.78 is 37.9. The first-order valence-electron chi connectivity index (χ1n) is 10.2. The molecule has 2 saturated heterocycles. The van der Waals surface area contributed by atoms with Crippen LogP contribution in [0.3, 0.4) is 0 Å². The van der Waals surface area contributed by atoms with E-state index < -0.39 is 22.1 Å². The highest BCUT2D eigenvalue weighted by molar-refractivity contribution is 7.86. The van der Waals surface area contributed by atoms with Crippen LogP contribution in [0.2, 0.25) is 0 Å². The minimum atomic E-state index is -3.56. The van der Waals surface area contributed by atoms with Crippen LogP contribution in [0, 0.1) is 0 Å². The molecule has 0 spiro atoms. The standard InChI is InChI=1S/C19H27N5O7S/c1-30-17(25)14-20-18(26)15-2-4-16(5-3-15)21-19(27)22-6-8-23(9-7-22)32(28,29)24-10-12-31-13-11-24/h2-5H,6-14H2,1H3,(H,20,26)(H,21,27). The Morgan fingerprint density at radius 1 is 0.969 bits per heavy atom. The van der Waals surface area contributed by atoms with Gasteiger partial charge in [0.15, 0.2) is 0 Å². The molecule has 2 N–H and O–H groups in total. The Morgan fingerprint density at radius 2 is 1.56 bits per heavy atom. The fourth-order valence-electron chi connectivity index (χ4n) is 3.30. The van der Waals surface area contributed by atoms with Gasteiger partial charge >= 0.3 is 12.0 Å². The van der Waals surface area contributed by atoms with Crippen molar-refractivity contribution in [2.45, 2.75) is 0 Å². The lowest BCUT2D eigenvalue weighted by Gasteiger charge is -2.37. The molecule has 32 heavy (non-hydrogen) atoms. The number of urea groups is 1. The van der Waals surface area contributed by atoms with Crippen molar-refractivity contribution in [3.05, 3.63) is 29.8 Å². The van der Waals surface area contributed by atoms with Crippen molar-refractivity contribution in [1.82, 2.24) is 18.8 Å². The van der Waals surface area contributed by atoms with Crippen molar-refractivity contribution < 1.29 is 32.3 Å². The number of anilines is 1. The lowest BCUT2D eigenvalue weighted by Crippen LogP contribution is -2.56. The number of nitrogens with zero attached hydrogens (tertiary/aromatic N) is 3. The molecule has 0 aliphatic carbocycles. The molecule has 0 atom stereocenters. The summed E-state index contributed by atoms with van der Waals surface area (Å²) in [5.41, 5.74) is 0.816. The number of ether oxygens (including phenoxy) is 2. The van der Waals surface area contributed by atoms with Gasteiger partial charge in [0.1, 0.15) is 6.54 Å². The van der Waals surface area contributed by atoms with Gasteiger partial charge in [-0.3, -0.25) is 9.59 Å². The van der Waals surface area contributed by atoms with Crippen LogP contribution in [0.4, 0.5) is 10.5 Å². The minimum absolute atomic E-state index is 0.215. The van der Waals surface area contributed by atoms with Gasteiger partial charge in [-0.15, -0.1) is 0 Å². The molecule has 176 valence electrons. The predicted molar refractivity (Wildman–Crippen MR) is 114 cm³/mol. The molecular formula is C19H27N5O7S. The Hall–Kier alpha value is -2.74. The second-order valence-corrected chi connectivity index (χ2v) is 9.10. The molecule has 2 aliphatic rings. The number of amides is 3. The normalized spacial score (nSPS) is 18.1. The third-order valence-corrected chi connectivity index (χ3v) is 7.20. The summed E-state index contributed by atoms with van der Waals surface area (Å²) in [6.07, 6.45) is 0. The fourth-order valence-corrected chi connectivity index (χ4v) is 4.86. The number of rotatable bonds is 6. The van der Waals surface area contributed by atoms with Gasteiger partial charge in [0.2, 0.25) is 0 Å². The van der Waals surface area contributed by atoms with E-state index in [1.54, 1.807) is 17.0 Å². The molecule has 2 fully saturated rings. The van der Waals surface area contributed by atoms with Crippen LogP contribution in [0.25, 0.3) is 0 Å². The van der Waals surface area contributed by atoms with Gasteiger partial charge in [0.25, 0.3) is 16.1 Å². The maximum atomic E-state index is 12.7. The van der Waals surface area contributed by atoms with E-state index in [1.807, 2.05) is 0 Å². The highest BCUT2D eigenvalue weighted by atomic mass is 32.2.